The number of rotatable bonds is 7. The van der Waals surface area contributed by atoms with E-state index in [9.17, 15) is 13.2 Å². The van der Waals surface area contributed by atoms with Crippen LogP contribution in [0.15, 0.2) is 46.0 Å². The summed E-state index contributed by atoms with van der Waals surface area (Å²) in [6.45, 7) is 1.14. The van der Waals surface area contributed by atoms with Gasteiger partial charge < -0.3 is 14.6 Å². The molecule has 1 aliphatic heterocycles. The zero-order valence-corrected chi connectivity index (χ0v) is 15.0. The van der Waals surface area contributed by atoms with Crippen LogP contribution >= 0.6 is 0 Å². The lowest BCUT2D eigenvalue weighted by Gasteiger charge is -2.22. The maximum atomic E-state index is 12.4. The van der Waals surface area contributed by atoms with E-state index in [0.29, 0.717) is 18.8 Å². The lowest BCUT2D eigenvalue weighted by molar-refractivity contribution is 0.0169. The van der Waals surface area contributed by atoms with Gasteiger partial charge in [-0.15, -0.1) is 0 Å². The molecule has 0 bridgehead atoms. The summed E-state index contributed by atoms with van der Waals surface area (Å²) in [6.07, 6.45) is 4.44. The van der Waals surface area contributed by atoms with E-state index < -0.39 is 10.0 Å². The summed E-state index contributed by atoms with van der Waals surface area (Å²) in [6, 6.07) is 7.47. The highest BCUT2D eigenvalue weighted by Crippen LogP contribution is 2.14. The number of sulfonamides is 1. The van der Waals surface area contributed by atoms with E-state index >= 15 is 0 Å². The van der Waals surface area contributed by atoms with Crippen molar-refractivity contribution in [1.82, 2.24) is 15.2 Å². The number of benzene rings is 1. The molecular weight excluding hydrogens is 358 g/mol. The van der Waals surface area contributed by atoms with Crippen LogP contribution in [0.2, 0.25) is 0 Å². The third kappa shape index (κ3) is 4.90. The molecule has 9 heteroatoms. The highest BCUT2D eigenvalue weighted by molar-refractivity contribution is 7.89. The van der Waals surface area contributed by atoms with Gasteiger partial charge in [-0.05, 0) is 37.5 Å². The Kier molecular flexibility index (Phi) is 6.02. The molecule has 3 rings (SSSR count). The molecule has 1 fully saturated rings. The Bertz CT molecular complexity index is 830. The van der Waals surface area contributed by atoms with Gasteiger partial charge in [0.05, 0.1) is 23.2 Å². The van der Waals surface area contributed by atoms with E-state index in [-0.39, 0.29) is 29.0 Å². The summed E-state index contributed by atoms with van der Waals surface area (Å²) >= 11 is 0. The summed E-state index contributed by atoms with van der Waals surface area (Å²) in [5, 5.41) is 6.45. The Morgan fingerprint density at radius 1 is 1.27 bits per heavy atom. The minimum atomic E-state index is -3.76. The van der Waals surface area contributed by atoms with Crippen LogP contribution in [0, 0.1) is 0 Å². The van der Waals surface area contributed by atoms with Gasteiger partial charge in [-0.2, -0.15) is 0 Å². The number of amides is 1. The van der Waals surface area contributed by atoms with Crippen molar-refractivity contribution in [1.29, 1.82) is 0 Å². The molecule has 8 nitrogen and oxygen atoms in total. The summed E-state index contributed by atoms with van der Waals surface area (Å²) in [7, 11) is -3.76. The van der Waals surface area contributed by atoms with Gasteiger partial charge in [0, 0.05) is 24.8 Å². The molecular formula is C17H21N3O5S. The molecule has 0 saturated carbocycles. The minimum Gasteiger partial charge on any atom is -0.376 e. The van der Waals surface area contributed by atoms with E-state index in [0.717, 1.165) is 19.3 Å². The number of nitrogens with one attached hydrogen (secondary N) is 2. The highest BCUT2D eigenvalue weighted by Gasteiger charge is 2.18. The molecule has 0 unspecified atom stereocenters. The predicted molar refractivity (Wildman–Crippen MR) is 92.9 cm³/mol. The first-order chi connectivity index (χ1) is 12.5. The molecule has 1 amide bonds. The first-order valence-electron chi connectivity index (χ1n) is 8.43. The van der Waals surface area contributed by atoms with Gasteiger partial charge in [0.1, 0.15) is 6.26 Å². The number of nitrogens with zero attached hydrogens (tertiary/aromatic N) is 1. The summed E-state index contributed by atoms with van der Waals surface area (Å²) in [5.74, 6) is -0.326. The first kappa shape index (κ1) is 18.6. The van der Waals surface area contributed by atoms with Crippen LogP contribution in [0.3, 0.4) is 0 Å². The third-order valence-electron chi connectivity index (χ3n) is 4.11. The fraction of sp³-hybridized carbons (Fsp3) is 0.412. The van der Waals surface area contributed by atoms with Crippen LogP contribution in [0.5, 0.6) is 0 Å². The Balaban J connectivity index is 1.61. The molecule has 2 aromatic rings. The average Bonchev–Trinajstić information content (AvgIpc) is 3.19. The molecule has 1 aliphatic rings. The third-order valence-corrected chi connectivity index (χ3v) is 5.50. The fourth-order valence-corrected chi connectivity index (χ4v) is 3.71. The Labute approximate surface area is 152 Å². The number of aromatic nitrogens is 1. The van der Waals surface area contributed by atoms with Crippen LogP contribution in [0.4, 0.5) is 0 Å². The molecule has 1 aromatic heterocycles. The summed E-state index contributed by atoms with van der Waals surface area (Å²) < 4.78 is 37.4. The fourth-order valence-electron chi connectivity index (χ4n) is 2.66. The van der Waals surface area contributed by atoms with E-state index in [2.05, 4.69) is 19.7 Å². The van der Waals surface area contributed by atoms with Crippen LogP contribution < -0.4 is 10.0 Å². The van der Waals surface area contributed by atoms with Gasteiger partial charge in [0.25, 0.3) is 5.91 Å². The van der Waals surface area contributed by atoms with Crippen molar-refractivity contribution in [3.63, 3.8) is 0 Å². The maximum absolute atomic E-state index is 12.4. The first-order valence-corrected chi connectivity index (χ1v) is 9.92. The van der Waals surface area contributed by atoms with Crippen molar-refractivity contribution in [2.45, 2.75) is 36.8 Å². The lowest BCUT2D eigenvalue weighted by atomic mass is 10.1. The number of hydrogen-bond donors (Lipinski definition) is 2. The molecule has 1 aromatic carbocycles. The zero-order valence-electron chi connectivity index (χ0n) is 14.2. The highest BCUT2D eigenvalue weighted by atomic mass is 32.2. The van der Waals surface area contributed by atoms with Gasteiger partial charge in [0.15, 0.2) is 0 Å². The standard InChI is InChI=1S/C17H21N3O5S/c21-17(18-12-15-5-1-2-8-24-15)13-4-3-6-16(10-13)26(22,23)19-11-14-7-9-25-20-14/h3-4,6-7,9-10,15,19H,1-2,5,8,11-12H2,(H,18,21)/t15-/m1/s1. The molecule has 0 spiro atoms. The largest absolute Gasteiger partial charge is 0.376 e. The van der Waals surface area contributed by atoms with E-state index in [1.54, 1.807) is 12.1 Å². The topological polar surface area (TPSA) is 111 Å². The normalized spacial score (nSPS) is 17.8. The monoisotopic (exact) mass is 379 g/mol. The molecule has 0 aliphatic carbocycles. The second-order valence-corrected chi connectivity index (χ2v) is 7.81. The number of carbonyl (C=O) groups is 1. The average molecular weight is 379 g/mol. The number of ether oxygens (including phenoxy) is 1. The zero-order chi connectivity index (χ0) is 18.4. The Hall–Kier alpha value is -2.23. The van der Waals surface area contributed by atoms with Crippen molar-refractivity contribution in [2.24, 2.45) is 0 Å². The van der Waals surface area contributed by atoms with E-state index in [4.69, 9.17) is 4.74 Å². The minimum absolute atomic E-state index is 0.00821. The van der Waals surface area contributed by atoms with Gasteiger partial charge >= 0.3 is 0 Å². The van der Waals surface area contributed by atoms with Gasteiger partial charge in [-0.3, -0.25) is 4.79 Å². The Morgan fingerprint density at radius 3 is 2.88 bits per heavy atom. The van der Waals surface area contributed by atoms with E-state index in [1.807, 2.05) is 0 Å². The molecule has 1 atom stereocenters. The molecule has 2 N–H and O–H groups in total. The van der Waals surface area contributed by atoms with Crippen molar-refractivity contribution in [3.05, 3.63) is 47.9 Å². The van der Waals surface area contributed by atoms with Crippen LogP contribution in [-0.4, -0.2) is 38.7 Å². The molecule has 0 radical (unpaired) electrons. The van der Waals surface area contributed by atoms with Crippen LogP contribution in [-0.2, 0) is 21.3 Å². The second-order valence-electron chi connectivity index (χ2n) is 6.04. The van der Waals surface area contributed by atoms with E-state index in [1.165, 1.54) is 24.5 Å². The quantitative estimate of drug-likeness (QED) is 0.753. The second kappa shape index (κ2) is 8.43. The Morgan fingerprint density at radius 2 is 2.15 bits per heavy atom. The van der Waals surface area contributed by atoms with Gasteiger partial charge in [0.2, 0.25) is 10.0 Å². The smallest absolute Gasteiger partial charge is 0.251 e. The van der Waals surface area contributed by atoms with Crippen molar-refractivity contribution in [2.75, 3.05) is 13.2 Å². The molecule has 2 heterocycles. The van der Waals surface area contributed by atoms with Gasteiger partial charge in [-0.1, -0.05) is 11.2 Å². The number of hydrogen-bond acceptors (Lipinski definition) is 6. The molecule has 26 heavy (non-hydrogen) atoms. The molecule has 1 saturated heterocycles. The summed E-state index contributed by atoms with van der Waals surface area (Å²) in [4.78, 5) is 12.3. The van der Waals surface area contributed by atoms with Crippen molar-refractivity contribution >= 4 is 15.9 Å². The van der Waals surface area contributed by atoms with Crippen LogP contribution in [0.1, 0.15) is 35.3 Å². The van der Waals surface area contributed by atoms with Crippen molar-refractivity contribution < 1.29 is 22.5 Å². The SMILES string of the molecule is O=C(NC[C@H]1CCCCO1)c1cccc(S(=O)(=O)NCc2ccon2)c1. The lowest BCUT2D eigenvalue weighted by Crippen LogP contribution is -2.35. The van der Waals surface area contributed by atoms with Crippen LogP contribution in [0.25, 0.3) is 0 Å². The summed E-state index contributed by atoms with van der Waals surface area (Å²) in [5.41, 5.74) is 0.750. The van der Waals surface area contributed by atoms with Crippen molar-refractivity contribution in [3.8, 4) is 0 Å². The number of carbonyl (C=O) groups excluding carboxylic acids is 1. The maximum Gasteiger partial charge on any atom is 0.251 e. The molecule has 140 valence electrons. The predicted octanol–water partition coefficient (Wildman–Crippen LogP) is 1.45. The van der Waals surface area contributed by atoms with Gasteiger partial charge in [-0.25, -0.2) is 13.1 Å².